The van der Waals surface area contributed by atoms with E-state index < -0.39 is 0 Å². The Morgan fingerprint density at radius 3 is 1.06 bits per heavy atom. The first-order chi connectivity index (χ1) is 7.93. The summed E-state index contributed by atoms with van der Waals surface area (Å²) in [7, 11) is 0. The van der Waals surface area contributed by atoms with Crippen LogP contribution in [0, 0.1) is 59.2 Å². The maximum atomic E-state index is 2.57. The molecule has 0 heteroatoms. The fourth-order valence-corrected chi connectivity index (χ4v) is 7.21. The predicted octanol–water partition coefficient (Wildman–Crippen LogP) is 3.12. The molecule has 82 valence electrons. The Hall–Kier alpha value is -0.520. The lowest BCUT2D eigenvalue weighted by molar-refractivity contribution is -0.212. The lowest BCUT2D eigenvalue weighted by atomic mass is 9.35. The second-order valence-electron chi connectivity index (χ2n) is 7.36. The minimum Gasteiger partial charge on any atom is -0.0848 e. The van der Waals surface area contributed by atoms with Gasteiger partial charge in [-0.25, -0.2) is 0 Å². The highest BCUT2D eigenvalue weighted by molar-refractivity contribution is 5.32. The van der Waals surface area contributed by atoms with Gasteiger partial charge in [0.2, 0.25) is 0 Å². The van der Waals surface area contributed by atoms with Crippen LogP contribution in [0.3, 0.4) is 0 Å². The molecule has 6 aliphatic carbocycles. The Morgan fingerprint density at radius 2 is 0.750 bits per heavy atom. The van der Waals surface area contributed by atoms with Crippen molar-refractivity contribution in [2.24, 2.45) is 59.2 Å². The third-order valence-corrected chi connectivity index (χ3v) is 7.39. The third-order valence-electron chi connectivity index (χ3n) is 7.39. The van der Waals surface area contributed by atoms with Crippen molar-refractivity contribution in [2.45, 2.75) is 12.8 Å². The Labute approximate surface area is 96.8 Å². The Bertz CT molecular complexity index is 367. The molecule has 8 unspecified atom stereocenters. The number of rotatable bonds is 0. The molecule has 0 heterocycles. The summed E-state index contributed by atoms with van der Waals surface area (Å²) in [6, 6.07) is 0. The van der Waals surface area contributed by atoms with Crippen LogP contribution >= 0.6 is 0 Å². The molecule has 6 aliphatic rings. The summed E-state index contributed by atoms with van der Waals surface area (Å²) >= 11 is 0. The van der Waals surface area contributed by atoms with Crippen LogP contribution in [-0.2, 0) is 0 Å². The molecule has 0 nitrogen and oxygen atoms in total. The maximum absolute atomic E-state index is 2.57. The van der Waals surface area contributed by atoms with Crippen LogP contribution in [0.15, 0.2) is 24.3 Å². The highest BCUT2D eigenvalue weighted by atomic mass is 14.8. The first kappa shape index (κ1) is 7.74. The zero-order chi connectivity index (χ0) is 10.0. The molecular weight excluding hydrogens is 192 g/mol. The molecule has 0 saturated heterocycles. The van der Waals surface area contributed by atoms with Gasteiger partial charge in [-0.3, -0.25) is 0 Å². The van der Waals surface area contributed by atoms with Crippen molar-refractivity contribution in [3.63, 3.8) is 0 Å². The third kappa shape index (κ3) is 0.555. The molecule has 0 aromatic rings. The Balaban J connectivity index is 1.46. The molecule has 6 rings (SSSR count). The number of hydrogen-bond acceptors (Lipinski definition) is 0. The highest BCUT2D eigenvalue weighted by Gasteiger charge is 2.75. The second-order valence-corrected chi connectivity index (χ2v) is 7.36. The van der Waals surface area contributed by atoms with Crippen molar-refractivity contribution in [3.05, 3.63) is 24.3 Å². The largest absolute Gasteiger partial charge is 0.0848 e. The average Bonchev–Trinajstić information content (AvgIpc) is 2.93. The van der Waals surface area contributed by atoms with Crippen LogP contribution in [0.4, 0.5) is 0 Å². The van der Waals surface area contributed by atoms with Gasteiger partial charge in [0.1, 0.15) is 0 Å². The fourth-order valence-electron chi connectivity index (χ4n) is 7.21. The lowest BCUT2D eigenvalue weighted by Gasteiger charge is -2.69. The van der Waals surface area contributed by atoms with Gasteiger partial charge in [0.15, 0.2) is 0 Å². The molecule has 0 N–H and O–H groups in total. The van der Waals surface area contributed by atoms with Gasteiger partial charge in [0.25, 0.3) is 0 Å². The smallest absolute Gasteiger partial charge is 0.0194 e. The van der Waals surface area contributed by atoms with Crippen molar-refractivity contribution >= 4 is 0 Å². The van der Waals surface area contributed by atoms with E-state index >= 15 is 0 Å². The van der Waals surface area contributed by atoms with Crippen LogP contribution in [0.25, 0.3) is 0 Å². The molecule has 4 bridgehead atoms. The zero-order valence-electron chi connectivity index (χ0n) is 9.50. The summed E-state index contributed by atoms with van der Waals surface area (Å²) in [4.78, 5) is 0. The molecule has 16 heavy (non-hydrogen) atoms. The van der Waals surface area contributed by atoms with Crippen LogP contribution in [0.1, 0.15) is 12.8 Å². The van der Waals surface area contributed by atoms with Gasteiger partial charge in [-0.15, -0.1) is 0 Å². The zero-order valence-corrected chi connectivity index (χ0v) is 9.50. The van der Waals surface area contributed by atoms with E-state index in [-0.39, 0.29) is 0 Å². The minimum absolute atomic E-state index is 1.01. The molecule has 8 atom stereocenters. The van der Waals surface area contributed by atoms with Crippen LogP contribution in [0.2, 0.25) is 0 Å². The van der Waals surface area contributed by atoms with Gasteiger partial charge in [0, 0.05) is 0 Å². The van der Waals surface area contributed by atoms with Crippen molar-refractivity contribution in [1.82, 2.24) is 0 Å². The Morgan fingerprint density at radius 1 is 0.438 bits per heavy atom. The van der Waals surface area contributed by atoms with E-state index in [0.717, 1.165) is 47.3 Å². The molecule has 4 saturated carbocycles. The SMILES string of the molecule is C1=CC2CC1C1C2C2C3C4C=CC(C4)C3C12. The van der Waals surface area contributed by atoms with Gasteiger partial charge in [-0.05, 0) is 72.0 Å². The lowest BCUT2D eigenvalue weighted by Crippen LogP contribution is -2.66. The van der Waals surface area contributed by atoms with Crippen LogP contribution in [0.5, 0.6) is 0 Å². The van der Waals surface area contributed by atoms with E-state index in [1.165, 1.54) is 24.7 Å². The summed E-state index contributed by atoms with van der Waals surface area (Å²) in [5.41, 5.74) is 0. The van der Waals surface area contributed by atoms with Gasteiger partial charge in [0.05, 0.1) is 0 Å². The minimum atomic E-state index is 1.01. The summed E-state index contributed by atoms with van der Waals surface area (Å²) in [5.74, 6) is 11.0. The van der Waals surface area contributed by atoms with Crippen molar-refractivity contribution in [2.75, 3.05) is 0 Å². The Kier molecular flexibility index (Phi) is 1.01. The molecule has 0 aliphatic heterocycles. The van der Waals surface area contributed by atoms with Crippen LogP contribution in [-0.4, -0.2) is 0 Å². The van der Waals surface area contributed by atoms with Crippen LogP contribution < -0.4 is 0 Å². The van der Waals surface area contributed by atoms with Crippen molar-refractivity contribution in [3.8, 4) is 0 Å². The topological polar surface area (TPSA) is 0 Å². The first-order valence-electron chi connectivity index (χ1n) is 7.30. The molecule has 4 fully saturated rings. The van der Waals surface area contributed by atoms with Crippen molar-refractivity contribution < 1.29 is 0 Å². The number of hydrogen-bond donors (Lipinski definition) is 0. The normalized spacial score (nSPS) is 74.5. The monoisotopic (exact) mass is 210 g/mol. The maximum Gasteiger partial charge on any atom is -0.0194 e. The van der Waals surface area contributed by atoms with E-state index in [9.17, 15) is 0 Å². The number of allylic oxidation sites excluding steroid dienone is 4. The molecule has 0 spiro atoms. The summed E-state index contributed by atoms with van der Waals surface area (Å²) in [5, 5.41) is 0. The van der Waals surface area contributed by atoms with E-state index in [2.05, 4.69) is 24.3 Å². The molecular formula is C16H18. The molecule has 0 aromatic heterocycles. The summed E-state index contributed by atoms with van der Waals surface area (Å²) in [6.45, 7) is 0. The summed E-state index contributed by atoms with van der Waals surface area (Å²) < 4.78 is 0. The average molecular weight is 210 g/mol. The van der Waals surface area contributed by atoms with Crippen molar-refractivity contribution in [1.29, 1.82) is 0 Å². The predicted molar refractivity (Wildman–Crippen MR) is 62.4 cm³/mol. The summed E-state index contributed by atoms with van der Waals surface area (Å²) in [6.07, 6.45) is 13.3. The van der Waals surface area contributed by atoms with E-state index in [1.807, 2.05) is 0 Å². The molecule has 0 amide bonds. The van der Waals surface area contributed by atoms with E-state index in [1.54, 1.807) is 0 Å². The highest BCUT2D eigenvalue weighted by Crippen LogP contribution is 2.79. The van der Waals surface area contributed by atoms with Gasteiger partial charge in [-0.2, -0.15) is 0 Å². The quantitative estimate of drug-likeness (QED) is 0.539. The molecule has 0 aromatic carbocycles. The second kappa shape index (κ2) is 2.09. The number of fused-ring (bicyclic) bond motifs is 15. The molecule has 0 radical (unpaired) electrons. The van der Waals surface area contributed by atoms with E-state index in [4.69, 9.17) is 0 Å². The van der Waals surface area contributed by atoms with Gasteiger partial charge < -0.3 is 0 Å². The van der Waals surface area contributed by atoms with E-state index in [0.29, 0.717) is 0 Å². The standard InChI is InChI=1S/C16H18/c1-2-8-5-7(1)11-12(8)16-14-10-4-3-9(6-10)13(14)15(11)16/h1-4,7-16H,5-6H2. The first-order valence-corrected chi connectivity index (χ1v) is 7.30. The van der Waals surface area contributed by atoms with Gasteiger partial charge >= 0.3 is 0 Å². The van der Waals surface area contributed by atoms with Gasteiger partial charge in [-0.1, -0.05) is 24.3 Å². The fraction of sp³-hybridized carbons (Fsp3) is 0.750.